The lowest BCUT2D eigenvalue weighted by molar-refractivity contribution is 0.280. The number of benzene rings is 1. The summed E-state index contributed by atoms with van der Waals surface area (Å²) in [6, 6.07) is 4.43. The number of ether oxygens (including phenoxy) is 1. The molecule has 2 rings (SSSR count). The van der Waals surface area contributed by atoms with Crippen LogP contribution in [0.2, 0.25) is 0 Å². The van der Waals surface area contributed by atoms with E-state index in [0.717, 1.165) is 0 Å². The van der Waals surface area contributed by atoms with Crippen LogP contribution in [-0.2, 0) is 23.2 Å². The first-order valence-electron chi connectivity index (χ1n) is 6.18. The largest absolute Gasteiger partial charge is 0.495 e. The molecule has 21 heavy (non-hydrogen) atoms. The average molecular weight is 312 g/mol. The van der Waals surface area contributed by atoms with Crippen molar-refractivity contribution in [3.8, 4) is 5.75 Å². The summed E-state index contributed by atoms with van der Waals surface area (Å²) in [5.74, 6) is 0.190. The third-order valence-corrected chi connectivity index (χ3v) is 4.31. The molecule has 0 unspecified atom stereocenters. The number of hydrogen-bond donors (Lipinski definition) is 2. The van der Waals surface area contributed by atoms with Crippen molar-refractivity contribution in [2.24, 2.45) is 0 Å². The van der Waals surface area contributed by atoms with Crippen LogP contribution in [0.1, 0.15) is 5.56 Å². The van der Waals surface area contributed by atoms with E-state index in [4.69, 9.17) is 9.84 Å². The molecule has 0 radical (unpaired) electrons. The number of aliphatic hydroxyl groups is 1. The predicted molar refractivity (Wildman–Crippen MR) is 74.1 cm³/mol. The van der Waals surface area contributed by atoms with Crippen LogP contribution < -0.4 is 9.46 Å². The molecule has 8 nitrogen and oxygen atoms in total. The van der Waals surface area contributed by atoms with Crippen molar-refractivity contribution >= 4 is 10.0 Å². The highest BCUT2D eigenvalue weighted by Gasteiger charge is 2.19. The van der Waals surface area contributed by atoms with Gasteiger partial charge in [-0.3, -0.25) is 4.68 Å². The van der Waals surface area contributed by atoms with Gasteiger partial charge in [0, 0.05) is 12.7 Å². The van der Waals surface area contributed by atoms with Crippen LogP contribution in [-0.4, -0.2) is 42.2 Å². The maximum Gasteiger partial charge on any atom is 0.244 e. The van der Waals surface area contributed by atoms with Crippen LogP contribution >= 0.6 is 0 Å². The fourth-order valence-electron chi connectivity index (χ4n) is 1.76. The molecular formula is C12H16N4O4S. The van der Waals surface area contributed by atoms with Gasteiger partial charge in [-0.2, -0.15) is 0 Å². The van der Waals surface area contributed by atoms with E-state index in [2.05, 4.69) is 15.0 Å². The standard InChI is InChI=1S/C12H16N4O4S/c1-20-11-8-10(9-17)2-3-12(11)21(18,19)14-5-7-16-6-4-13-15-16/h2-4,6,8,14,17H,5,7,9H2,1H3. The molecule has 0 saturated carbocycles. The lowest BCUT2D eigenvalue weighted by Crippen LogP contribution is -2.28. The van der Waals surface area contributed by atoms with E-state index in [1.54, 1.807) is 6.20 Å². The summed E-state index contributed by atoms with van der Waals surface area (Å²) in [7, 11) is -2.32. The van der Waals surface area contributed by atoms with E-state index in [9.17, 15) is 8.42 Å². The molecule has 1 heterocycles. The van der Waals surface area contributed by atoms with E-state index in [1.165, 1.54) is 36.2 Å². The van der Waals surface area contributed by atoms with Gasteiger partial charge in [0.25, 0.3) is 0 Å². The Morgan fingerprint density at radius 1 is 1.43 bits per heavy atom. The summed E-state index contributed by atoms with van der Waals surface area (Å²) in [6.07, 6.45) is 3.16. The molecule has 0 aliphatic heterocycles. The molecule has 0 fully saturated rings. The number of nitrogens with zero attached hydrogens (tertiary/aromatic N) is 3. The first-order chi connectivity index (χ1) is 10.1. The van der Waals surface area contributed by atoms with E-state index >= 15 is 0 Å². The molecule has 0 amide bonds. The molecule has 0 aliphatic carbocycles. The van der Waals surface area contributed by atoms with Gasteiger partial charge in [0.1, 0.15) is 10.6 Å². The monoisotopic (exact) mass is 312 g/mol. The van der Waals surface area contributed by atoms with Crippen molar-refractivity contribution in [2.75, 3.05) is 13.7 Å². The predicted octanol–water partition coefficient (Wildman–Crippen LogP) is -0.243. The molecule has 1 aromatic carbocycles. The zero-order valence-electron chi connectivity index (χ0n) is 11.4. The Labute approximate surface area is 122 Å². The normalized spacial score (nSPS) is 11.5. The first-order valence-corrected chi connectivity index (χ1v) is 7.66. The minimum Gasteiger partial charge on any atom is -0.495 e. The summed E-state index contributed by atoms with van der Waals surface area (Å²) < 4.78 is 33.5. The number of nitrogens with one attached hydrogen (secondary N) is 1. The molecule has 0 bridgehead atoms. The summed E-state index contributed by atoms with van der Waals surface area (Å²) in [5, 5.41) is 16.4. The van der Waals surface area contributed by atoms with Gasteiger partial charge in [-0.25, -0.2) is 13.1 Å². The second-order valence-electron chi connectivity index (χ2n) is 4.21. The van der Waals surface area contributed by atoms with Gasteiger partial charge in [0.2, 0.25) is 10.0 Å². The van der Waals surface area contributed by atoms with Crippen LogP contribution in [0, 0.1) is 0 Å². The molecule has 0 aliphatic rings. The summed E-state index contributed by atoms with van der Waals surface area (Å²) in [6.45, 7) is 0.364. The zero-order valence-corrected chi connectivity index (χ0v) is 12.2. The number of aromatic nitrogens is 3. The third-order valence-electron chi connectivity index (χ3n) is 2.81. The Hall–Kier alpha value is -1.97. The van der Waals surface area contributed by atoms with Gasteiger partial charge in [0.15, 0.2) is 0 Å². The molecule has 114 valence electrons. The highest BCUT2D eigenvalue weighted by molar-refractivity contribution is 7.89. The molecule has 0 saturated heterocycles. The lowest BCUT2D eigenvalue weighted by atomic mass is 10.2. The molecule has 0 spiro atoms. The lowest BCUT2D eigenvalue weighted by Gasteiger charge is -2.11. The van der Waals surface area contributed by atoms with E-state index < -0.39 is 10.0 Å². The number of aliphatic hydroxyl groups excluding tert-OH is 1. The van der Waals surface area contributed by atoms with Crippen molar-refractivity contribution in [3.05, 3.63) is 36.2 Å². The smallest absolute Gasteiger partial charge is 0.244 e. The van der Waals surface area contributed by atoms with Gasteiger partial charge < -0.3 is 9.84 Å². The Balaban J connectivity index is 2.11. The maximum absolute atomic E-state index is 12.2. The molecule has 2 N–H and O–H groups in total. The van der Waals surface area contributed by atoms with Crippen LogP contribution in [0.4, 0.5) is 0 Å². The zero-order chi connectivity index (χ0) is 15.3. The minimum absolute atomic E-state index is 0.0285. The minimum atomic E-state index is -3.70. The van der Waals surface area contributed by atoms with Gasteiger partial charge in [-0.1, -0.05) is 11.3 Å². The summed E-state index contributed by atoms with van der Waals surface area (Å²) in [4.78, 5) is 0.0285. The topological polar surface area (TPSA) is 106 Å². The van der Waals surface area contributed by atoms with Crippen LogP contribution in [0.25, 0.3) is 0 Å². The van der Waals surface area contributed by atoms with Gasteiger partial charge in [-0.15, -0.1) is 5.10 Å². The highest BCUT2D eigenvalue weighted by Crippen LogP contribution is 2.24. The second kappa shape index (κ2) is 6.66. The third kappa shape index (κ3) is 3.78. The highest BCUT2D eigenvalue weighted by atomic mass is 32.2. The van der Waals surface area contributed by atoms with Gasteiger partial charge >= 0.3 is 0 Å². The molecule has 2 aromatic rings. The second-order valence-corrected chi connectivity index (χ2v) is 5.94. The Bertz CT molecular complexity index is 685. The fraction of sp³-hybridized carbons (Fsp3) is 0.333. The van der Waals surface area contributed by atoms with Crippen LogP contribution in [0.15, 0.2) is 35.5 Å². The van der Waals surface area contributed by atoms with Crippen molar-refractivity contribution < 1.29 is 18.3 Å². The molecule has 9 heteroatoms. The molecular weight excluding hydrogens is 296 g/mol. The van der Waals surface area contributed by atoms with Gasteiger partial charge in [-0.05, 0) is 17.7 Å². The number of methoxy groups -OCH3 is 1. The SMILES string of the molecule is COc1cc(CO)ccc1S(=O)(=O)NCCn1ccnn1. The van der Waals surface area contributed by atoms with Crippen molar-refractivity contribution in [2.45, 2.75) is 18.0 Å². The Morgan fingerprint density at radius 2 is 2.24 bits per heavy atom. The fourth-order valence-corrected chi connectivity index (χ4v) is 2.93. The number of sulfonamides is 1. The Morgan fingerprint density at radius 3 is 2.86 bits per heavy atom. The number of hydrogen-bond acceptors (Lipinski definition) is 6. The van der Waals surface area contributed by atoms with Crippen LogP contribution in [0.3, 0.4) is 0 Å². The van der Waals surface area contributed by atoms with E-state index in [-0.39, 0.29) is 23.8 Å². The van der Waals surface area contributed by atoms with E-state index in [0.29, 0.717) is 12.1 Å². The van der Waals surface area contributed by atoms with Crippen molar-refractivity contribution in [1.82, 2.24) is 19.7 Å². The summed E-state index contributed by atoms with van der Waals surface area (Å²) >= 11 is 0. The molecule has 1 aromatic heterocycles. The summed E-state index contributed by atoms with van der Waals surface area (Å²) in [5.41, 5.74) is 0.577. The van der Waals surface area contributed by atoms with Crippen molar-refractivity contribution in [1.29, 1.82) is 0 Å². The number of rotatable bonds is 7. The van der Waals surface area contributed by atoms with Crippen molar-refractivity contribution in [3.63, 3.8) is 0 Å². The average Bonchev–Trinajstić information content (AvgIpc) is 2.99. The maximum atomic E-state index is 12.2. The van der Waals surface area contributed by atoms with Crippen LogP contribution in [0.5, 0.6) is 5.75 Å². The Kier molecular flexibility index (Phi) is 4.89. The van der Waals surface area contributed by atoms with E-state index in [1.807, 2.05) is 0 Å². The first kappa shape index (κ1) is 15.4. The molecule has 0 atom stereocenters. The van der Waals surface area contributed by atoms with Gasteiger partial charge in [0.05, 0.1) is 26.5 Å². The quantitative estimate of drug-likeness (QED) is 0.730.